The summed E-state index contributed by atoms with van der Waals surface area (Å²) in [6.07, 6.45) is 7.01. The second kappa shape index (κ2) is 8.38. The molecule has 1 aliphatic rings. The van der Waals surface area contributed by atoms with Gasteiger partial charge in [-0.05, 0) is 36.6 Å². The summed E-state index contributed by atoms with van der Waals surface area (Å²) in [7, 11) is 0. The van der Waals surface area contributed by atoms with Gasteiger partial charge < -0.3 is 4.90 Å². The molecule has 3 heterocycles. The van der Waals surface area contributed by atoms with Crippen molar-refractivity contribution >= 4 is 5.91 Å². The van der Waals surface area contributed by atoms with E-state index in [1.807, 2.05) is 11.0 Å². The second-order valence-electron chi connectivity index (χ2n) is 7.21. The number of carbonyl (C=O) groups excluding carboxylic acids is 1. The monoisotopic (exact) mass is 395 g/mol. The predicted molar refractivity (Wildman–Crippen MR) is 105 cm³/mol. The third-order valence-electron chi connectivity index (χ3n) is 5.33. The molecule has 0 radical (unpaired) electrons. The Morgan fingerprint density at radius 1 is 1.21 bits per heavy atom. The first kappa shape index (κ1) is 19.0. The summed E-state index contributed by atoms with van der Waals surface area (Å²) in [5.41, 5.74) is 0.806. The fourth-order valence-electron chi connectivity index (χ4n) is 3.79. The van der Waals surface area contributed by atoms with Gasteiger partial charge in [-0.25, -0.2) is 4.39 Å². The first-order valence-electron chi connectivity index (χ1n) is 9.71. The molecule has 0 bridgehead atoms. The predicted octanol–water partition coefficient (Wildman–Crippen LogP) is 2.36. The molecule has 2 aromatic heterocycles. The van der Waals surface area contributed by atoms with Crippen molar-refractivity contribution in [2.45, 2.75) is 31.7 Å². The Bertz CT molecular complexity index is 1050. The fraction of sp³-hybridized carbons (Fsp3) is 0.333. The number of likely N-dealkylation sites (tertiary alicyclic amines) is 1. The fourth-order valence-corrected chi connectivity index (χ4v) is 3.79. The van der Waals surface area contributed by atoms with E-state index in [4.69, 9.17) is 0 Å². The van der Waals surface area contributed by atoms with Crippen LogP contribution in [-0.2, 0) is 11.3 Å². The molecule has 1 fully saturated rings. The van der Waals surface area contributed by atoms with Crippen LogP contribution in [0.1, 0.15) is 30.7 Å². The summed E-state index contributed by atoms with van der Waals surface area (Å²) in [4.78, 5) is 26.4. The van der Waals surface area contributed by atoms with E-state index in [-0.39, 0.29) is 23.1 Å². The number of rotatable bonds is 5. The molecule has 1 aromatic carbocycles. The molecular formula is C21H22FN5O2. The highest BCUT2D eigenvalue weighted by molar-refractivity contribution is 5.76. The maximum atomic E-state index is 14.7. The molecule has 4 rings (SSSR count). The zero-order valence-corrected chi connectivity index (χ0v) is 15.9. The topological polar surface area (TPSA) is 73.0 Å². The van der Waals surface area contributed by atoms with Gasteiger partial charge >= 0.3 is 0 Å². The van der Waals surface area contributed by atoms with Gasteiger partial charge in [0.25, 0.3) is 5.56 Å². The SMILES string of the molecule is O=C(CCn1ccnn1)N1CCC[C@H](c2ccc(-n3ccccc3=O)c(F)c2)C1. The van der Waals surface area contributed by atoms with Crippen LogP contribution in [0.4, 0.5) is 4.39 Å². The summed E-state index contributed by atoms with van der Waals surface area (Å²) < 4.78 is 17.7. The normalized spacial score (nSPS) is 16.7. The van der Waals surface area contributed by atoms with Crippen LogP contribution in [0.15, 0.2) is 59.8 Å². The zero-order chi connectivity index (χ0) is 20.2. The summed E-state index contributed by atoms with van der Waals surface area (Å²) in [5, 5.41) is 7.61. The second-order valence-corrected chi connectivity index (χ2v) is 7.21. The standard InChI is InChI=1S/C21H22FN5O2/c22-18-14-16(6-7-19(18)27-11-2-1-5-21(27)29)17-4-3-10-25(15-17)20(28)8-12-26-13-9-23-24-26/h1-2,5-7,9,11,13-14,17H,3-4,8,10,12,15H2/t17-/m0/s1. The van der Waals surface area contributed by atoms with Crippen molar-refractivity contribution in [3.8, 4) is 5.69 Å². The Hall–Kier alpha value is -3.29. The van der Waals surface area contributed by atoms with Crippen LogP contribution in [0.3, 0.4) is 0 Å². The third-order valence-corrected chi connectivity index (χ3v) is 5.33. The van der Waals surface area contributed by atoms with Gasteiger partial charge in [-0.2, -0.15) is 0 Å². The Labute approximate surface area is 167 Å². The summed E-state index contributed by atoms with van der Waals surface area (Å²) >= 11 is 0. The molecular weight excluding hydrogens is 373 g/mol. The molecule has 0 saturated carbocycles. The van der Waals surface area contributed by atoms with Crippen LogP contribution >= 0.6 is 0 Å². The van der Waals surface area contributed by atoms with Crippen LogP contribution < -0.4 is 5.56 Å². The highest BCUT2D eigenvalue weighted by Crippen LogP contribution is 2.29. The van der Waals surface area contributed by atoms with Crippen LogP contribution in [0.2, 0.25) is 0 Å². The lowest BCUT2D eigenvalue weighted by Gasteiger charge is -2.33. The minimum atomic E-state index is -0.439. The van der Waals surface area contributed by atoms with E-state index in [1.54, 1.807) is 41.5 Å². The van der Waals surface area contributed by atoms with Gasteiger partial charge in [0.05, 0.1) is 18.4 Å². The molecule has 1 saturated heterocycles. The molecule has 7 nitrogen and oxygen atoms in total. The van der Waals surface area contributed by atoms with Gasteiger partial charge in [0.1, 0.15) is 5.82 Å². The molecule has 1 atom stereocenters. The minimum absolute atomic E-state index is 0.0677. The molecule has 0 spiro atoms. The number of aromatic nitrogens is 4. The first-order valence-corrected chi connectivity index (χ1v) is 9.71. The Kier molecular flexibility index (Phi) is 5.50. The van der Waals surface area contributed by atoms with E-state index in [1.165, 1.54) is 16.7 Å². The molecule has 0 aliphatic carbocycles. The summed E-state index contributed by atoms with van der Waals surface area (Å²) in [5.74, 6) is -0.293. The maximum Gasteiger partial charge on any atom is 0.255 e. The van der Waals surface area contributed by atoms with Crippen molar-refractivity contribution in [2.75, 3.05) is 13.1 Å². The van der Waals surface area contributed by atoms with E-state index >= 15 is 0 Å². The summed E-state index contributed by atoms with van der Waals surface area (Å²) in [6, 6.07) is 9.70. The van der Waals surface area contributed by atoms with Gasteiger partial charge in [0.15, 0.2) is 0 Å². The highest BCUT2D eigenvalue weighted by atomic mass is 19.1. The number of carbonyl (C=O) groups is 1. The molecule has 150 valence electrons. The third kappa shape index (κ3) is 4.26. The average molecular weight is 395 g/mol. The van der Waals surface area contributed by atoms with Crippen molar-refractivity contribution < 1.29 is 9.18 Å². The van der Waals surface area contributed by atoms with Gasteiger partial charge in [-0.1, -0.05) is 17.3 Å². The van der Waals surface area contributed by atoms with Crippen LogP contribution in [0.25, 0.3) is 5.69 Å². The van der Waals surface area contributed by atoms with Crippen molar-refractivity contribution in [2.24, 2.45) is 0 Å². The highest BCUT2D eigenvalue weighted by Gasteiger charge is 2.25. The van der Waals surface area contributed by atoms with Crippen molar-refractivity contribution in [1.29, 1.82) is 0 Å². The molecule has 1 aliphatic heterocycles. The lowest BCUT2D eigenvalue weighted by atomic mass is 9.90. The lowest BCUT2D eigenvalue weighted by Crippen LogP contribution is -2.39. The number of aryl methyl sites for hydroxylation is 1. The Morgan fingerprint density at radius 2 is 2.10 bits per heavy atom. The van der Waals surface area contributed by atoms with E-state index < -0.39 is 5.82 Å². The minimum Gasteiger partial charge on any atom is -0.342 e. The van der Waals surface area contributed by atoms with Gasteiger partial charge in [0, 0.05) is 43.9 Å². The van der Waals surface area contributed by atoms with Crippen LogP contribution in [0, 0.1) is 5.82 Å². The van der Waals surface area contributed by atoms with Gasteiger partial charge in [-0.3, -0.25) is 18.8 Å². The van der Waals surface area contributed by atoms with E-state index in [9.17, 15) is 14.0 Å². The largest absolute Gasteiger partial charge is 0.342 e. The molecule has 8 heteroatoms. The molecule has 0 N–H and O–H groups in total. The van der Waals surface area contributed by atoms with E-state index in [2.05, 4.69) is 10.3 Å². The first-order chi connectivity index (χ1) is 14.1. The molecule has 29 heavy (non-hydrogen) atoms. The van der Waals surface area contributed by atoms with Crippen molar-refractivity contribution in [1.82, 2.24) is 24.5 Å². The Balaban J connectivity index is 1.45. The van der Waals surface area contributed by atoms with Gasteiger partial charge in [0.2, 0.25) is 5.91 Å². The van der Waals surface area contributed by atoms with E-state index in [0.717, 1.165) is 18.4 Å². The number of piperidine rings is 1. The van der Waals surface area contributed by atoms with Gasteiger partial charge in [-0.15, -0.1) is 5.10 Å². The van der Waals surface area contributed by atoms with E-state index in [0.29, 0.717) is 26.1 Å². The number of pyridine rings is 1. The zero-order valence-electron chi connectivity index (χ0n) is 15.9. The maximum absolute atomic E-state index is 14.7. The number of hydrogen-bond donors (Lipinski definition) is 0. The molecule has 1 amide bonds. The number of halogens is 1. The Morgan fingerprint density at radius 3 is 2.86 bits per heavy atom. The molecule has 0 unspecified atom stereocenters. The number of benzene rings is 1. The van der Waals surface area contributed by atoms with Crippen LogP contribution in [-0.4, -0.2) is 43.5 Å². The van der Waals surface area contributed by atoms with Crippen LogP contribution in [0.5, 0.6) is 0 Å². The lowest BCUT2D eigenvalue weighted by molar-refractivity contribution is -0.132. The quantitative estimate of drug-likeness (QED) is 0.665. The number of hydrogen-bond acceptors (Lipinski definition) is 4. The molecule has 3 aromatic rings. The van der Waals surface area contributed by atoms with Crippen molar-refractivity contribution in [3.63, 3.8) is 0 Å². The summed E-state index contributed by atoms with van der Waals surface area (Å²) in [6.45, 7) is 1.78. The smallest absolute Gasteiger partial charge is 0.255 e. The number of amides is 1. The van der Waals surface area contributed by atoms with Crippen molar-refractivity contribution in [3.05, 3.63) is 76.7 Å². The number of nitrogens with zero attached hydrogens (tertiary/aromatic N) is 5. The average Bonchev–Trinajstić information content (AvgIpc) is 3.26.